The van der Waals surface area contributed by atoms with Crippen molar-refractivity contribution in [1.29, 1.82) is 0 Å². The van der Waals surface area contributed by atoms with E-state index in [2.05, 4.69) is 10.2 Å². The summed E-state index contributed by atoms with van der Waals surface area (Å²) in [4.78, 5) is 14.1. The molecule has 0 radical (unpaired) electrons. The number of halogens is 1. The van der Waals surface area contributed by atoms with Crippen LogP contribution in [0.4, 0.5) is 0 Å². The number of carbonyl (C=O) groups is 1. The van der Waals surface area contributed by atoms with Gasteiger partial charge in [0.15, 0.2) is 0 Å². The van der Waals surface area contributed by atoms with E-state index in [1.54, 1.807) is 0 Å². The molecule has 2 rings (SSSR count). The summed E-state index contributed by atoms with van der Waals surface area (Å²) >= 11 is 6.34. The molecule has 1 heterocycles. The molecule has 1 unspecified atom stereocenters. The van der Waals surface area contributed by atoms with E-state index in [0.717, 1.165) is 43.3 Å². The van der Waals surface area contributed by atoms with Crippen molar-refractivity contribution in [3.8, 4) is 0 Å². The van der Waals surface area contributed by atoms with Crippen LogP contribution in [0, 0.1) is 0 Å². The number of hydrogen-bond acceptors (Lipinski definition) is 3. The van der Waals surface area contributed by atoms with Gasteiger partial charge in [-0.25, -0.2) is 0 Å². The summed E-state index contributed by atoms with van der Waals surface area (Å²) in [5, 5.41) is 3.78. The first kappa shape index (κ1) is 16.3. The lowest BCUT2D eigenvalue weighted by Gasteiger charge is -2.35. The molecule has 1 aliphatic heterocycles. The Balaban J connectivity index is 2.10. The van der Waals surface area contributed by atoms with Crippen LogP contribution in [0.2, 0.25) is 5.02 Å². The highest BCUT2D eigenvalue weighted by molar-refractivity contribution is 6.31. The van der Waals surface area contributed by atoms with Gasteiger partial charge in [0.2, 0.25) is 5.91 Å². The van der Waals surface area contributed by atoms with Gasteiger partial charge in [-0.3, -0.25) is 9.69 Å². The second-order valence-corrected chi connectivity index (χ2v) is 5.65. The molecule has 0 aromatic heterocycles. The van der Waals surface area contributed by atoms with Crippen LogP contribution >= 0.6 is 11.6 Å². The summed E-state index contributed by atoms with van der Waals surface area (Å²) in [6.07, 6.45) is 1.43. The first-order valence-corrected chi connectivity index (χ1v) is 7.93. The van der Waals surface area contributed by atoms with Crippen LogP contribution in [-0.4, -0.2) is 43.7 Å². The molecule has 1 aliphatic rings. The predicted octanol–water partition coefficient (Wildman–Crippen LogP) is 2.63. The largest absolute Gasteiger partial charge is 0.379 e. The van der Waals surface area contributed by atoms with Gasteiger partial charge in [0.05, 0.1) is 19.3 Å². The quantitative estimate of drug-likeness (QED) is 0.878. The van der Waals surface area contributed by atoms with Gasteiger partial charge in [-0.2, -0.15) is 0 Å². The first-order chi connectivity index (χ1) is 10.2. The van der Waals surface area contributed by atoms with Gasteiger partial charge in [-0.05, 0) is 18.1 Å². The lowest BCUT2D eigenvalue weighted by Crippen LogP contribution is -2.43. The van der Waals surface area contributed by atoms with Gasteiger partial charge in [-0.15, -0.1) is 0 Å². The molecular weight excluding hydrogens is 288 g/mol. The third kappa shape index (κ3) is 4.70. The summed E-state index contributed by atoms with van der Waals surface area (Å²) in [7, 11) is 0. The Hall–Kier alpha value is -1.10. The van der Waals surface area contributed by atoms with E-state index in [0.29, 0.717) is 13.0 Å². The number of morpholine rings is 1. The van der Waals surface area contributed by atoms with Crippen molar-refractivity contribution < 1.29 is 9.53 Å². The number of hydrogen-bond donors (Lipinski definition) is 1. The van der Waals surface area contributed by atoms with Crippen molar-refractivity contribution in [2.75, 3.05) is 32.8 Å². The van der Waals surface area contributed by atoms with Gasteiger partial charge in [0, 0.05) is 31.1 Å². The maximum atomic E-state index is 11.8. The molecule has 1 amide bonds. The molecule has 5 heteroatoms. The minimum absolute atomic E-state index is 0.0998. The minimum atomic E-state index is 0.0998. The Morgan fingerprint density at radius 1 is 1.38 bits per heavy atom. The summed E-state index contributed by atoms with van der Waals surface area (Å²) in [5.41, 5.74) is 1.07. The first-order valence-electron chi connectivity index (χ1n) is 7.55. The Morgan fingerprint density at radius 3 is 2.76 bits per heavy atom. The van der Waals surface area contributed by atoms with E-state index in [1.807, 2.05) is 31.2 Å². The number of rotatable bonds is 6. The van der Waals surface area contributed by atoms with Gasteiger partial charge >= 0.3 is 0 Å². The van der Waals surface area contributed by atoms with E-state index >= 15 is 0 Å². The smallest absolute Gasteiger partial charge is 0.220 e. The number of nitrogens with zero attached hydrogens (tertiary/aromatic N) is 1. The zero-order valence-corrected chi connectivity index (χ0v) is 13.2. The van der Waals surface area contributed by atoms with Crippen molar-refractivity contribution in [3.63, 3.8) is 0 Å². The van der Waals surface area contributed by atoms with Crippen LogP contribution in [0.1, 0.15) is 31.4 Å². The molecular formula is C16H23ClN2O2. The maximum absolute atomic E-state index is 11.8. The van der Waals surface area contributed by atoms with E-state index < -0.39 is 0 Å². The molecule has 1 aromatic rings. The van der Waals surface area contributed by atoms with E-state index in [-0.39, 0.29) is 11.9 Å². The molecule has 1 N–H and O–H groups in total. The fourth-order valence-electron chi connectivity index (χ4n) is 2.60. The lowest BCUT2D eigenvalue weighted by molar-refractivity contribution is -0.121. The second-order valence-electron chi connectivity index (χ2n) is 5.24. The van der Waals surface area contributed by atoms with Gasteiger partial charge in [-0.1, -0.05) is 36.7 Å². The highest BCUT2D eigenvalue weighted by atomic mass is 35.5. The van der Waals surface area contributed by atoms with Crippen LogP contribution in [-0.2, 0) is 9.53 Å². The standard InChI is InChI=1S/C16H23ClN2O2/c1-2-5-16(20)18-12-15(19-8-10-21-11-9-19)13-6-3-4-7-14(13)17/h3-4,6-7,15H,2,5,8-12H2,1H3,(H,18,20). The molecule has 116 valence electrons. The van der Waals surface area contributed by atoms with Gasteiger partial charge < -0.3 is 10.1 Å². The zero-order valence-electron chi connectivity index (χ0n) is 12.5. The Labute approximate surface area is 131 Å². The van der Waals surface area contributed by atoms with Crippen molar-refractivity contribution in [2.45, 2.75) is 25.8 Å². The van der Waals surface area contributed by atoms with E-state index in [4.69, 9.17) is 16.3 Å². The average molecular weight is 311 g/mol. The van der Waals surface area contributed by atoms with Crippen LogP contribution in [0.5, 0.6) is 0 Å². The summed E-state index contributed by atoms with van der Waals surface area (Å²) in [5.74, 6) is 0.0998. The summed E-state index contributed by atoms with van der Waals surface area (Å²) in [6, 6.07) is 7.95. The predicted molar refractivity (Wildman–Crippen MR) is 84.5 cm³/mol. The number of nitrogens with one attached hydrogen (secondary N) is 1. The Bertz CT molecular complexity index is 461. The molecule has 4 nitrogen and oxygen atoms in total. The van der Waals surface area contributed by atoms with Crippen molar-refractivity contribution >= 4 is 17.5 Å². The molecule has 1 saturated heterocycles. The third-order valence-electron chi connectivity index (χ3n) is 3.72. The lowest BCUT2D eigenvalue weighted by atomic mass is 10.0. The Kier molecular flexibility index (Phi) is 6.49. The topological polar surface area (TPSA) is 41.6 Å². The van der Waals surface area contributed by atoms with E-state index in [9.17, 15) is 4.79 Å². The van der Waals surface area contributed by atoms with Crippen LogP contribution < -0.4 is 5.32 Å². The summed E-state index contributed by atoms with van der Waals surface area (Å²) in [6.45, 7) is 5.77. The summed E-state index contributed by atoms with van der Waals surface area (Å²) < 4.78 is 5.42. The van der Waals surface area contributed by atoms with Gasteiger partial charge in [0.25, 0.3) is 0 Å². The number of ether oxygens (including phenoxy) is 1. The highest BCUT2D eigenvalue weighted by Crippen LogP contribution is 2.27. The molecule has 1 fully saturated rings. The maximum Gasteiger partial charge on any atom is 0.220 e. The van der Waals surface area contributed by atoms with E-state index in [1.165, 1.54) is 0 Å². The monoisotopic (exact) mass is 310 g/mol. The fraction of sp³-hybridized carbons (Fsp3) is 0.562. The third-order valence-corrected chi connectivity index (χ3v) is 4.06. The highest BCUT2D eigenvalue weighted by Gasteiger charge is 2.24. The van der Waals surface area contributed by atoms with Crippen LogP contribution in [0.3, 0.4) is 0 Å². The Morgan fingerprint density at radius 2 is 2.10 bits per heavy atom. The zero-order chi connectivity index (χ0) is 15.1. The van der Waals surface area contributed by atoms with Crippen LogP contribution in [0.25, 0.3) is 0 Å². The van der Waals surface area contributed by atoms with Crippen molar-refractivity contribution in [1.82, 2.24) is 10.2 Å². The van der Waals surface area contributed by atoms with Crippen LogP contribution in [0.15, 0.2) is 24.3 Å². The number of benzene rings is 1. The van der Waals surface area contributed by atoms with Gasteiger partial charge in [0.1, 0.15) is 0 Å². The SMILES string of the molecule is CCCC(=O)NCC(c1ccccc1Cl)N1CCOCC1. The number of amides is 1. The molecule has 1 aromatic carbocycles. The van der Waals surface area contributed by atoms with Crippen molar-refractivity contribution in [2.24, 2.45) is 0 Å². The molecule has 0 spiro atoms. The second kappa shape index (κ2) is 8.37. The molecule has 0 bridgehead atoms. The average Bonchev–Trinajstić information content (AvgIpc) is 2.50. The number of carbonyl (C=O) groups excluding carboxylic acids is 1. The van der Waals surface area contributed by atoms with Crippen molar-refractivity contribution in [3.05, 3.63) is 34.9 Å². The minimum Gasteiger partial charge on any atom is -0.379 e. The molecule has 0 saturated carbocycles. The fourth-order valence-corrected chi connectivity index (χ4v) is 2.86. The molecule has 0 aliphatic carbocycles. The molecule has 21 heavy (non-hydrogen) atoms. The molecule has 1 atom stereocenters. The normalized spacial score (nSPS) is 17.4.